The topological polar surface area (TPSA) is 35.5 Å². The summed E-state index contributed by atoms with van der Waals surface area (Å²) in [5.74, 6) is 0.920. The minimum Gasteiger partial charge on any atom is -0.476 e. The average Bonchev–Trinajstić information content (AvgIpc) is 2.45. The van der Waals surface area contributed by atoms with Crippen LogP contribution in [0, 0.1) is 0 Å². The largest absolute Gasteiger partial charge is 0.476 e. The highest BCUT2D eigenvalue weighted by atomic mass is 16.6. The quantitative estimate of drug-likeness (QED) is 0.651. The molecule has 0 fully saturated rings. The van der Waals surface area contributed by atoms with E-state index in [-0.39, 0.29) is 5.97 Å². The van der Waals surface area contributed by atoms with Gasteiger partial charge in [-0.3, -0.25) is 0 Å². The van der Waals surface area contributed by atoms with Crippen LogP contribution in [-0.4, -0.2) is 18.2 Å². The van der Waals surface area contributed by atoms with Crippen LogP contribution >= 0.6 is 0 Å². The molecule has 0 amide bonds. The van der Waals surface area contributed by atoms with Crippen molar-refractivity contribution in [3.05, 3.63) is 29.8 Å². The van der Waals surface area contributed by atoms with Gasteiger partial charge in [-0.2, -0.15) is 0 Å². The third-order valence-electron chi connectivity index (χ3n) is 3.62. The summed E-state index contributed by atoms with van der Waals surface area (Å²) in [6.07, 6.45) is 3.32. The van der Waals surface area contributed by atoms with E-state index in [0.29, 0.717) is 12.5 Å². The number of carbonyl (C=O) groups is 1. The Bertz CT molecular complexity index is 452. The lowest BCUT2D eigenvalue weighted by Gasteiger charge is -2.27. The van der Waals surface area contributed by atoms with Crippen LogP contribution in [0.3, 0.4) is 0 Å². The lowest BCUT2D eigenvalue weighted by molar-refractivity contribution is -0.158. The van der Waals surface area contributed by atoms with Gasteiger partial charge in [0.2, 0.25) is 0 Å². The smallest absolute Gasteiger partial charge is 0.349 e. The van der Waals surface area contributed by atoms with Gasteiger partial charge in [-0.1, -0.05) is 38.5 Å². The van der Waals surface area contributed by atoms with Gasteiger partial charge in [0.1, 0.15) is 5.75 Å². The molecule has 1 rings (SSSR count). The Kier molecular flexibility index (Phi) is 6.73. The number of ether oxygens (including phenoxy) is 2. The normalized spacial score (nSPS) is 12.8. The molecule has 0 spiro atoms. The molecule has 0 saturated carbocycles. The van der Waals surface area contributed by atoms with E-state index >= 15 is 0 Å². The van der Waals surface area contributed by atoms with Crippen molar-refractivity contribution >= 4 is 5.97 Å². The predicted molar refractivity (Wildman–Crippen MR) is 85.7 cm³/mol. The number of rotatable bonds is 8. The molecule has 0 bridgehead atoms. The van der Waals surface area contributed by atoms with Crippen molar-refractivity contribution in [3.8, 4) is 5.75 Å². The summed E-state index contributed by atoms with van der Waals surface area (Å²) in [4.78, 5) is 12.0. The Balaban J connectivity index is 3.00. The number of hydrogen-bond acceptors (Lipinski definition) is 3. The summed E-state index contributed by atoms with van der Waals surface area (Å²) in [5.41, 5.74) is 0.204. The van der Waals surface area contributed by atoms with Crippen molar-refractivity contribution in [3.63, 3.8) is 0 Å². The minimum absolute atomic E-state index is 0.330. The van der Waals surface area contributed by atoms with Gasteiger partial charge in [-0.05, 0) is 51.2 Å². The number of esters is 1. The van der Waals surface area contributed by atoms with E-state index in [1.807, 2.05) is 18.2 Å². The SMILES string of the molecule is CCCC(CC)c1ccccc1OC(C)(C)C(=O)OCC. The van der Waals surface area contributed by atoms with Crippen LogP contribution in [0.15, 0.2) is 24.3 Å². The molecule has 1 aromatic carbocycles. The molecule has 1 aromatic rings. The maximum atomic E-state index is 12.0. The van der Waals surface area contributed by atoms with Crippen LogP contribution < -0.4 is 4.74 Å². The first kappa shape index (κ1) is 17.5. The van der Waals surface area contributed by atoms with Crippen LogP contribution in [0.4, 0.5) is 0 Å². The first-order chi connectivity index (χ1) is 9.96. The molecule has 0 saturated heterocycles. The molecule has 0 heterocycles. The average molecular weight is 292 g/mol. The van der Waals surface area contributed by atoms with E-state index in [1.165, 1.54) is 5.56 Å². The van der Waals surface area contributed by atoms with Gasteiger partial charge in [0, 0.05) is 0 Å². The Morgan fingerprint density at radius 2 is 1.86 bits per heavy atom. The van der Waals surface area contributed by atoms with Gasteiger partial charge in [-0.15, -0.1) is 0 Å². The summed E-state index contributed by atoms with van der Waals surface area (Å²) in [6.45, 7) is 10.0. The first-order valence-corrected chi connectivity index (χ1v) is 7.91. The first-order valence-electron chi connectivity index (χ1n) is 7.91. The van der Waals surface area contributed by atoms with E-state index in [4.69, 9.17) is 9.47 Å². The van der Waals surface area contributed by atoms with Crippen LogP contribution in [-0.2, 0) is 9.53 Å². The molecule has 0 aromatic heterocycles. The van der Waals surface area contributed by atoms with Crippen LogP contribution in [0.2, 0.25) is 0 Å². The van der Waals surface area contributed by atoms with Gasteiger partial charge < -0.3 is 9.47 Å². The lowest BCUT2D eigenvalue weighted by Crippen LogP contribution is -2.40. The molecule has 0 aliphatic heterocycles. The van der Waals surface area contributed by atoms with Gasteiger partial charge >= 0.3 is 5.97 Å². The maximum absolute atomic E-state index is 12.0. The van der Waals surface area contributed by atoms with E-state index in [9.17, 15) is 4.79 Å². The van der Waals surface area contributed by atoms with Crippen LogP contribution in [0.5, 0.6) is 5.75 Å². The van der Waals surface area contributed by atoms with Gasteiger partial charge in [0.05, 0.1) is 6.61 Å². The molecule has 3 heteroatoms. The number of benzene rings is 1. The Hall–Kier alpha value is -1.51. The zero-order valence-electron chi connectivity index (χ0n) is 13.9. The molecule has 1 atom stereocenters. The number of hydrogen-bond donors (Lipinski definition) is 0. The predicted octanol–water partition coefficient (Wildman–Crippen LogP) is 4.70. The molecule has 0 aliphatic carbocycles. The van der Waals surface area contributed by atoms with Crippen molar-refractivity contribution in [1.29, 1.82) is 0 Å². The van der Waals surface area contributed by atoms with Crippen molar-refractivity contribution in [1.82, 2.24) is 0 Å². The highest BCUT2D eigenvalue weighted by Gasteiger charge is 2.32. The third-order valence-corrected chi connectivity index (χ3v) is 3.62. The van der Waals surface area contributed by atoms with Crippen molar-refractivity contribution in [2.24, 2.45) is 0 Å². The molecule has 0 radical (unpaired) electrons. The summed E-state index contributed by atoms with van der Waals surface area (Å²) >= 11 is 0. The molecule has 21 heavy (non-hydrogen) atoms. The maximum Gasteiger partial charge on any atom is 0.349 e. The zero-order chi connectivity index (χ0) is 15.9. The Morgan fingerprint density at radius 3 is 2.43 bits per heavy atom. The monoisotopic (exact) mass is 292 g/mol. The van der Waals surface area contributed by atoms with E-state index in [2.05, 4.69) is 19.9 Å². The summed E-state index contributed by atoms with van der Waals surface area (Å²) in [7, 11) is 0. The summed E-state index contributed by atoms with van der Waals surface area (Å²) in [5, 5.41) is 0. The fourth-order valence-corrected chi connectivity index (χ4v) is 2.46. The summed E-state index contributed by atoms with van der Waals surface area (Å²) in [6, 6.07) is 8.01. The van der Waals surface area contributed by atoms with Crippen molar-refractivity contribution < 1.29 is 14.3 Å². The Labute approximate surface area is 128 Å². The molecule has 0 aliphatic rings. The highest BCUT2D eigenvalue weighted by Crippen LogP contribution is 2.34. The second-order valence-electron chi connectivity index (χ2n) is 5.76. The molecule has 3 nitrogen and oxygen atoms in total. The zero-order valence-corrected chi connectivity index (χ0v) is 13.9. The summed E-state index contributed by atoms with van der Waals surface area (Å²) < 4.78 is 11.1. The second kappa shape index (κ2) is 8.06. The number of carbonyl (C=O) groups excluding carboxylic acids is 1. The van der Waals surface area contributed by atoms with E-state index in [0.717, 1.165) is 25.0 Å². The Morgan fingerprint density at radius 1 is 1.19 bits per heavy atom. The fourth-order valence-electron chi connectivity index (χ4n) is 2.46. The van der Waals surface area contributed by atoms with E-state index < -0.39 is 5.60 Å². The molecular formula is C18H28O3. The van der Waals surface area contributed by atoms with E-state index in [1.54, 1.807) is 20.8 Å². The fraction of sp³-hybridized carbons (Fsp3) is 0.611. The van der Waals surface area contributed by atoms with Gasteiger partial charge in [0.25, 0.3) is 0 Å². The van der Waals surface area contributed by atoms with Crippen LogP contribution in [0.1, 0.15) is 65.4 Å². The minimum atomic E-state index is -0.976. The van der Waals surface area contributed by atoms with Crippen molar-refractivity contribution in [2.45, 2.75) is 65.4 Å². The van der Waals surface area contributed by atoms with Crippen LogP contribution in [0.25, 0.3) is 0 Å². The second-order valence-corrected chi connectivity index (χ2v) is 5.76. The lowest BCUT2D eigenvalue weighted by atomic mass is 9.91. The third kappa shape index (κ3) is 4.76. The molecule has 0 N–H and O–H groups in total. The molecule has 1 unspecified atom stereocenters. The number of para-hydroxylation sites is 1. The van der Waals surface area contributed by atoms with Crippen molar-refractivity contribution in [2.75, 3.05) is 6.61 Å². The van der Waals surface area contributed by atoms with Gasteiger partial charge in [-0.25, -0.2) is 4.79 Å². The molecule has 118 valence electrons. The highest BCUT2D eigenvalue weighted by molar-refractivity contribution is 5.79. The van der Waals surface area contributed by atoms with Gasteiger partial charge in [0.15, 0.2) is 5.60 Å². The standard InChI is InChI=1S/C18H28O3/c1-6-11-14(7-2)15-12-9-10-13-16(15)21-18(4,5)17(19)20-8-3/h9-10,12-14H,6-8,11H2,1-5H3. The molecular weight excluding hydrogens is 264 g/mol.